The minimum atomic E-state index is -0.456. The summed E-state index contributed by atoms with van der Waals surface area (Å²) in [4.78, 5) is 21.0. The van der Waals surface area contributed by atoms with Gasteiger partial charge in [0.05, 0.1) is 48.6 Å². The van der Waals surface area contributed by atoms with Crippen molar-refractivity contribution in [2.24, 2.45) is 0 Å². The van der Waals surface area contributed by atoms with Gasteiger partial charge in [-0.25, -0.2) is 28.1 Å². The Kier molecular flexibility index (Phi) is 5.63. The first-order chi connectivity index (χ1) is 19.1. The summed E-state index contributed by atoms with van der Waals surface area (Å²) >= 11 is 0. The van der Waals surface area contributed by atoms with Gasteiger partial charge in [0.25, 0.3) is 0 Å². The molecule has 5 heterocycles. The molecule has 0 aliphatic carbocycles. The van der Waals surface area contributed by atoms with Crippen LogP contribution < -0.4 is 9.80 Å². The van der Waals surface area contributed by atoms with Crippen LogP contribution in [0.1, 0.15) is 24.4 Å². The summed E-state index contributed by atoms with van der Waals surface area (Å²) in [5.74, 6) is 0.380. The van der Waals surface area contributed by atoms with E-state index >= 15 is 0 Å². The van der Waals surface area contributed by atoms with Gasteiger partial charge in [-0.05, 0) is 49.2 Å². The fraction of sp³-hybridized carbons (Fsp3) is 0.286. The van der Waals surface area contributed by atoms with E-state index in [1.807, 2.05) is 29.3 Å². The summed E-state index contributed by atoms with van der Waals surface area (Å²) in [5, 5.41) is 4.46. The number of aromatic amines is 1. The first kappa shape index (κ1) is 23.5. The van der Waals surface area contributed by atoms with Crippen molar-refractivity contribution in [1.82, 2.24) is 24.6 Å². The molecule has 1 atom stereocenters. The number of hydrogen-bond acceptors (Lipinski definition) is 6. The Labute approximate surface area is 222 Å². The molecule has 2 aliphatic heterocycles. The Bertz CT molecular complexity index is 1750. The maximum Gasteiger partial charge on any atom is 0.211 e. The van der Waals surface area contributed by atoms with Gasteiger partial charge < -0.3 is 19.5 Å². The molecule has 2 fully saturated rings. The summed E-state index contributed by atoms with van der Waals surface area (Å²) in [5.41, 5.74) is 4.55. The zero-order valence-electron chi connectivity index (χ0n) is 20.9. The normalized spacial score (nSPS) is 17.8. The van der Waals surface area contributed by atoms with E-state index in [2.05, 4.69) is 19.8 Å². The minimum Gasteiger partial charge on any atom is -0.378 e. The van der Waals surface area contributed by atoms with Crippen LogP contribution in [0.2, 0.25) is 0 Å². The maximum absolute atomic E-state index is 14.6. The molecule has 9 nitrogen and oxygen atoms in total. The fourth-order valence-corrected chi connectivity index (χ4v) is 5.63. The Morgan fingerprint density at radius 2 is 1.92 bits per heavy atom. The first-order valence-electron chi connectivity index (χ1n) is 12.9. The molecule has 3 aromatic heterocycles. The van der Waals surface area contributed by atoms with Gasteiger partial charge in [0.15, 0.2) is 5.65 Å². The number of fused-ring (bicyclic) bond motifs is 2. The molecule has 1 N–H and O–H groups in total. The number of morpholine rings is 1. The maximum atomic E-state index is 14.6. The van der Waals surface area contributed by atoms with Gasteiger partial charge in [-0.15, -0.1) is 0 Å². The van der Waals surface area contributed by atoms with E-state index in [1.165, 1.54) is 12.1 Å². The van der Waals surface area contributed by atoms with Crippen molar-refractivity contribution in [3.8, 4) is 11.4 Å². The third-order valence-corrected chi connectivity index (χ3v) is 7.52. The number of halogens is 2. The largest absolute Gasteiger partial charge is 0.378 e. The molecule has 0 spiro atoms. The number of rotatable bonds is 4. The Balaban J connectivity index is 1.27. The Hall–Kier alpha value is -4.56. The highest BCUT2D eigenvalue weighted by atomic mass is 19.1. The van der Waals surface area contributed by atoms with E-state index in [0.717, 1.165) is 42.3 Å². The first-order valence-corrected chi connectivity index (χ1v) is 12.9. The molecule has 39 heavy (non-hydrogen) atoms. The summed E-state index contributed by atoms with van der Waals surface area (Å²) in [6.45, 7) is 11.1. The molecule has 0 radical (unpaired) electrons. The molecule has 2 saturated heterocycles. The highest BCUT2D eigenvalue weighted by molar-refractivity contribution is 5.91. The quantitative estimate of drug-likeness (QED) is 0.321. The van der Waals surface area contributed by atoms with Gasteiger partial charge in [0, 0.05) is 37.1 Å². The van der Waals surface area contributed by atoms with E-state index in [-0.39, 0.29) is 6.04 Å². The molecule has 5 aromatic rings. The van der Waals surface area contributed by atoms with Crippen molar-refractivity contribution in [2.75, 3.05) is 42.6 Å². The van der Waals surface area contributed by atoms with Crippen LogP contribution in [0, 0.1) is 18.2 Å². The second kappa shape index (κ2) is 9.32. The fourth-order valence-electron chi connectivity index (χ4n) is 5.63. The SMILES string of the molecule is [C-]#[N+]c1cc2[nH]c(-c3cnn4ccc(N5CCC[C@@H]5c5cc(F)ccc5F)nc34)nc2cc1N1CCOCC1. The standard InChI is InChI=1S/C28H24F2N8O/c1-31-23-14-21-22(15-25(23)36-9-11-39-12-10-36)34-27(33-21)19-16-32-38-8-6-26(35-28(19)38)37-7-2-3-24(37)18-13-17(29)4-5-20(18)30/h4-6,8,13-16,24H,2-3,7,9-12H2,(H,33,34)/t24-/m1/s1. The minimum absolute atomic E-state index is 0.307. The number of nitrogens with one attached hydrogen (secondary N) is 1. The molecule has 11 heteroatoms. The summed E-state index contributed by atoms with van der Waals surface area (Å²) < 4.78 is 35.7. The monoisotopic (exact) mass is 526 g/mol. The Morgan fingerprint density at radius 1 is 1.05 bits per heavy atom. The number of nitrogens with zero attached hydrogens (tertiary/aromatic N) is 7. The smallest absolute Gasteiger partial charge is 0.211 e. The molecule has 0 unspecified atom stereocenters. The second-order valence-corrected chi connectivity index (χ2v) is 9.78. The van der Waals surface area contributed by atoms with Crippen molar-refractivity contribution < 1.29 is 13.5 Å². The number of imidazole rings is 1. The molecule has 196 valence electrons. The number of anilines is 2. The second-order valence-electron chi connectivity index (χ2n) is 9.78. The van der Waals surface area contributed by atoms with Crippen LogP contribution in [0.25, 0.3) is 32.9 Å². The number of aromatic nitrogens is 5. The van der Waals surface area contributed by atoms with Crippen molar-refractivity contribution >= 4 is 33.9 Å². The van der Waals surface area contributed by atoms with E-state index in [4.69, 9.17) is 21.3 Å². The third-order valence-electron chi connectivity index (χ3n) is 7.52. The molecule has 0 bridgehead atoms. The summed E-state index contributed by atoms with van der Waals surface area (Å²) in [7, 11) is 0. The van der Waals surface area contributed by atoms with E-state index < -0.39 is 11.6 Å². The van der Waals surface area contributed by atoms with Gasteiger partial charge in [-0.1, -0.05) is 0 Å². The lowest BCUT2D eigenvalue weighted by Gasteiger charge is -2.29. The van der Waals surface area contributed by atoms with E-state index in [9.17, 15) is 8.78 Å². The molecule has 0 saturated carbocycles. The van der Waals surface area contributed by atoms with E-state index in [1.54, 1.807) is 10.7 Å². The van der Waals surface area contributed by atoms with Gasteiger partial charge >= 0.3 is 0 Å². The molecule has 7 rings (SSSR count). The van der Waals surface area contributed by atoms with Crippen LogP contribution in [0.3, 0.4) is 0 Å². The third kappa shape index (κ3) is 4.04. The predicted molar refractivity (Wildman–Crippen MR) is 143 cm³/mol. The van der Waals surface area contributed by atoms with Gasteiger partial charge in [0.1, 0.15) is 23.3 Å². The van der Waals surface area contributed by atoms with Crippen LogP contribution in [-0.2, 0) is 4.74 Å². The number of benzene rings is 2. The number of H-pyrrole nitrogens is 1. The lowest BCUT2D eigenvalue weighted by molar-refractivity contribution is 0.123. The van der Waals surface area contributed by atoms with Gasteiger partial charge in [-0.2, -0.15) is 5.10 Å². The zero-order chi connectivity index (χ0) is 26.5. The zero-order valence-corrected chi connectivity index (χ0v) is 20.9. The van der Waals surface area contributed by atoms with Gasteiger partial charge in [0.2, 0.25) is 5.69 Å². The van der Waals surface area contributed by atoms with Crippen molar-refractivity contribution in [3.05, 3.63) is 77.4 Å². The molecule has 0 amide bonds. The van der Waals surface area contributed by atoms with Crippen LogP contribution in [-0.4, -0.2) is 57.4 Å². The molecular weight excluding hydrogens is 502 g/mol. The highest BCUT2D eigenvalue weighted by Crippen LogP contribution is 2.38. The van der Waals surface area contributed by atoms with Crippen molar-refractivity contribution in [2.45, 2.75) is 18.9 Å². The average molecular weight is 527 g/mol. The predicted octanol–water partition coefficient (Wildman–Crippen LogP) is 5.28. The summed E-state index contributed by atoms with van der Waals surface area (Å²) in [6.07, 6.45) is 5.07. The molecule has 2 aliphatic rings. The molecular formula is C28H24F2N8O. The summed E-state index contributed by atoms with van der Waals surface area (Å²) in [6, 6.07) is 8.90. The number of hydrogen-bond donors (Lipinski definition) is 1. The van der Waals surface area contributed by atoms with Gasteiger partial charge in [-0.3, -0.25) is 0 Å². The topological polar surface area (TPSA) is 78.9 Å². The average Bonchev–Trinajstić information content (AvgIpc) is 3.71. The molecule has 2 aromatic carbocycles. The number of ether oxygens (including phenoxy) is 1. The van der Waals surface area contributed by atoms with Crippen molar-refractivity contribution in [1.29, 1.82) is 0 Å². The van der Waals surface area contributed by atoms with Crippen LogP contribution in [0.15, 0.2) is 48.8 Å². The van der Waals surface area contributed by atoms with Crippen LogP contribution >= 0.6 is 0 Å². The Morgan fingerprint density at radius 3 is 2.77 bits per heavy atom. The lowest BCUT2D eigenvalue weighted by Crippen LogP contribution is -2.36. The van der Waals surface area contributed by atoms with Crippen LogP contribution in [0.5, 0.6) is 0 Å². The highest BCUT2D eigenvalue weighted by Gasteiger charge is 2.30. The van der Waals surface area contributed by atoms with Crippen LogP contribution in [0.4, 0.5) is 26.0 Å². The van der Waals surface area contributed by atoms with Crippen molar-refractivity contribution in [3.63, 3.8) is 0 Å². The lowest BCUT2D eigenvalue weighted by atomic mass is 10.0. The van der Waals surface area contributed by atoms with E-state index in [0.29, 0.717) is 60.3 Å².